The van der Waals surface area contributed by atoms with Gasteiger partial charge in [-0.3, -0.25) is 0 Å². The van der Waals surface area contributed by atoms with E-state index in [0.717, 1.165) is 0 Å². The van der Waals surface area contributed by atoms with Crippen molar-refractivity contribution in [1.82, 2.24) is 0 Å². The van der Waals surface area contributed by atoms with Crippen LogP contribution in [0, 0.1) is 0 Å². The summed E-state index contributed by atoms with van der Waals surface area (Å²) in [6, 6.07) is 0. The molecular formula is C4H12ClO4P. The molecule has 64 valence electrons. The van der Waals surface area contributed by atoms with E-state index >= 15 is 0 Å². The zero-order valence-corrected chi connectivity index (χ0v) is 7.21. The summed E-state index contributed by atoms with van der Waals surface area (Å²) in [7, 11) is -3.52. The Morgan fingerprint density at radius 2 is 2.00 bits per heavy atom. The molecule has 4 nitrogen and oxygen atoms in total. The summed E-state index contributed by atoms with van der Waals surface area (Å²) < 4.78 is 4.53. The third kappa shape index (κ3) is 5.35. The number of rotatable bonds is 5. The third-order valence-corrected chi connectivity index (χ3v) is 2.92. The molecule has 0 aliphatic carbocycles. The fraction of sp³-hybridized carbons (Fsp3) is 1.00. The molecule has 0 radical (unpaired) electrons. The van der Waals surface area contributed by atoms with Crippen LogP contribution in [-0.2, 0) is 4.52 Å². The van der Waals surface area contributed by atoms with Gasteiger partial charge in [0.25, 0.3) is 0 Å². The van der Waals surface area contributed by atoms with Crippen molar-refractivity contribution in [3.8, 4) is 0 Å². The third-order valence-electron chi connectivity index (χ3n) is 0.845. The predicted molar refractivity (Wildman–Crippen MR) is 41.4 cm³/mol. The Hall–Kier alpha value is 0.560. The van der Waals surface area contributed by atoms with Gasteiger partial charge in [0, 0.05) is 0 Å². The first kappa shape index (κ1) is 10.6. The molecule has 0 rings (SSSR count). The molecule has 0 saturated heterocycles. The fourth-order valence-electron chi connectivity index (χ4n) is 0.404. The first-order valence-electron chi connectivity index (χ1n) is 2.88. The molecular weight excluding hydrogens is 178 g/mol. The van der Waals surface area contributed by atoms with Gasteiger partial charge in [-0.15, -0.1) is 0 Å². The maximum absolute atomic E-state index is 8.92. The molecule has 0 atom stereocenters. The second-order valence-electron chi connectivity index (χ2n) is 1.75. The molecule has 10 heavy (non-hydrogen) atoms. The van der Waals surface area contributed by atoms with E-state index in [1.165, 1.54) is 0 Å². The Bertz CT molecular complexity index is 89.3. The Morgan fingerprint density at radius 3 is 2.40 bits per heavy atom. The zero-order valence-electron chi connectivity index (χ0n) is 5.46. The summed E-state index contributed by atoms with van der Waals surface area (Å²) in [6.45, 7) is -0.256. The van der Waals surface area contributed by atoms with Crippen molar-refractivity contribution in [3.63, 3.8) is 0 Å². The molecule has 0 heterocycles. The molecule has 0 aromatic carbocycles. The molecule has 3 N–H and O–H groups in total. The molecule has 0 amide bonds. The number of hydrogen-bond acceptors (Lipinski definition) is 4. The molecule has 0 aliphatic rings. The van der Waals surface area contributed by atoms with E-state index in [0.29, 0.717) is 0 Å². The molecule has 0 fully saturated rings. The van der Waals surface area contributed by atoms with Gasteiger partial charge in [-0.2, -0.15) is 0 Å². The number of hydrogen-bond donors (Lipinski definition) is 3. The normalized spacial score (nSPS) is 13.6. The summed E-state index contributed by atoms with van der Waals surface area (Å²) in [5.41, 5.74) is 0. The minimum atomic E-state index is -3.52. The number of aliphatic hydroxyl groups is 1. The van der Waals surface area contributed by atoms with Gasteiger partial charge in [-0.1, -0.05) is 0 Å². The molecule has 0 aliphatic heterocycles. The van der Waals surface area contributed by atoms with E-state index in [4.69, 9.17) is 26.5 Å². The first-order valence-corrected chi connectivity index (χ1v) is 5.42. The van der Waals surface area contributed by atoms with E-state index in [1.54, 1.807) is 0 Å². The SMILES string of the molecule is OCCO[PH](O)(O)CCCl. The summed E-state index contributed by atoms with van der Waals surface area (Å²) in [6.07, 6.45) is 0.0640. The molecule has 0 saturated carbocycles. The Kier molecular flexibility index (Phi) is 5.54. The standard InChI is InChI=1S/C4H12ClO4P/c5-1-4-10(7,8)9-3-2-6/h6-8,10H,1-4H2. The van der Waals surface area contributed by atoms with Crippen LogP contribution in [-0.4, -0.2) is 40.1 Å². The van der Waals surface area contributed by atoms with Crippen LogP contribution in [0.1, 0.15) is 0 Å². The number of alkyl halides is 1. The predicted octanol–water partition coefficient (Wildman–Crippen LogP) is -0.286. The van der Waals surface area contributed by atoms with Crippen molar-refractivity contribution in [2.75, 3.05) is 25.3 Å². The van der Waals surface area contributed by atoms with Gasteiger partial charge in [0.05, 0.1) is 0 Å². The maximum atomic E-state index is 8.92. The second-order valence-corrected chi connectivity index (χ2v) is 4.41. The summed E-state index contributed by atoms with van der Waals surface area (Å²) in [5, 5.41) is 8.24. The van der Waals surface area contributed by atoms with Gasteiger partial charge in [0.2, 0.25) is 0 Å². The van der Waals surface area contributed by atoms with Crippen molar-refractivity contribution < 1.29 is 19.4 Å². The monoisotopic (exact) mass is 190 g/mol. The van der Waals surface area contributed by atoms with Gasteiger partial charge < -0.3 is 0 Å². The van der Waals surface area contributed by atoms with Crippen LogP contribution < -0.4 is 0 Å². The number of aliphatic hydroxyl groups excluding tert-OH is 1. The van der Waals surface area contributed by atoms with E-state index < -0.39 is 7.94 Å². The molecule has 0 aromatic heterocycles. The molecule has 6 heteroatoms. The van der Waals surface area contributed by atoms with E-state index in [2.05, 4.69) is 4.52 Å². The second kappa shape index (κ2) is 5.24. The Morgan fingerprint density at radius 1 is 1.40 bits per heavy atom. The summed E-state index contributed by atoms with van der Waals surface area (Å²) >= 11 is 5.24. The van der Waals surface area contributed by atoms with E-state index in [9.17, 15) is 0 Å². The van der Waals surface area contributed by atoms with Crippen LogP contribution in [0.4, 0.5) is 0 Å². The van der Waals surface area contributed by atoms with Crippen molar-refractivity contribution in [2.24, 2.45) is 0 Å². The van der Waals surface area contributed by atoms with Crippen LogP contribution >= 0.6 is 19.5 Å². The van der Waals surface area contributed by atoms with Gasteiger partial charge in [-0.25, -0.2) is 0 Å². The van der Waals surface area contributed by atoms with Crippen molar-refractivity contribution in [2.45, 2.75) is 0 Å². The topological polar surface area (TPSA) is 69.9 Å². The molecule has 0 spiro atoms. The van der Waals surface area contributed by atoms with Crippen LogP contribution in [0.15, 0.2) is 0 Å². The summed E-state index contributed by atoms with van der Waals surface area (Å²) in [4.78, 5) is 17.8. The van der Waals surface area contributed by atoms with E-state index in [-0.39, 0.29) is 25.3 Å². The Balaban J connectivity index is 3.42. The van der Waals surface area contributed by atoms with Crippen molar-refractivity contribution >= 4 is 19.5 Å². The van der Waals surface area contributed by atoms with Gasteiger partial charge >= 0.3 is 64.2 Å². The van der Waals surface area contributed by atoms with Gasteiger partial charge in [-0.05, 0) is 0 Å². The average Bonchev–Trinajstić information content (AvgIpc) is 1.84. The average molecular weight is 191 g/mol. The molecule has 0 bridgehead atoms. The quantitative estimate of drug-likeness (QED) is 0.412. The zero-order chi connectivity index (χ0) is 8.04. The first-order chi connectivity index (χ1) is 4.62. The van der Waals surface area contributed by atoms with Crippen molar-refractivity contribution in [3.05, 3.63) is 0 Å². The molecule has 0 aromatic rings. The minimum absolute atomic E-state index is 0.0455. The van der Waals surface area contributed by atoms with Crippen LogP contribution in [0.25, 0.3) is 0 Å². The fourth-order valence-corrected chi connectivity index (χ4v) is 1.95. The molecule has 0 unspecified atom stereocenters. The van der Waals surface area contributed by atoms with Gasteiger partial charge in [0.15, 0.2) is 0 Å². The van der Waals surface area contributed by atoms with Crippen LogP contribution in [0.5, 0.6) is 0 Å². The Labute approximate surface area is 65.0 Å². The van der Waals surface area contributed by atoms with Crippen molar-refractivity contribution in [1.29, 1.82) is 0 Å². The van der Waals surface area contributed by atoms with Gasteiger partial charge in [0.1, 0.15) is 0 Å². The van der Waals surface area contributed by atoms with Crippen LogP contribution in [0.2, 0.25) is 0 Å². The summed E-state index contributed by atoms with van der Waals surface area (Å²) in [5.74, 6) is 0.157. The van der Waals surface area contributed by atoms with Crippen LogP contribution in [0.3, 0.4) is 0 Å². The number of halogens is 1. The van der Waals surface area contributed by atoms with E-state index in [1.807, 2.05) is 0 Å².